The van der Waals surface area contributed by atoms with E-state index in [0.29, 0.717) is 25.1 Å². The molecule has 150 valence electrons. The van der Waals surface area contributed by atoms with Crippen LogP contribution in [-0.2, 0) is 22.7 Å². The lowest BCUT2D eigenvalue weighted by atomic mass is 9.90. The normalized spacial score (nSPS) is 27.7. The van der Waals surface area contributed by atoms with Crippen molar-refractivity contribution in [2.45, 2.75) is 50.4 Å². The van der Waals surface area contributed by atoms with Gasteiger partial charge in [-0.1, -0.05) is 12.1 Å². The first-order valence-electron chi connectivity index (χ1n) is 9.84. The van der Waals surface area contributed by atoms with Gasteiger partial charge >= 0.3 is 0 Å². The first-order valence-corrected chi connectivity index (χ1v) is 9.84. The summed E-state index contributed by atoms with van der Waals surface area (Å²) in [5.41, 5.74) is 2.15. The second-order valence-electron chi connectivity index (χ2n) is 7.96. The summed E-state index contributed by atoms with van der Waals surface area (Å²) in [6, 6.07) is 5.19. The van der Waals surface area contributed by atoms with Crippen LogP contribution in [0, 0.1) is 0 Å². The van der Waals surface area contributed by atoms with Crippen LogP contribution in [0.25, 0.3) is 0 Å². The number of benzene rings is 1. The van der Waals surface area contributed by atoms with Gasteiger partial charge in [-0.15, -0.1) is 0 Å². The molecule has 4 rings (SSSR count). The molecular formula is C20H26N4O4. The maximum Gasteiger partial charge on any atom is 0.255 e. The van der Waals surface area contributed by atoms with E-state index < -0.39 is 11.9 Å². The molecule has 2 unspecified atom stereocenters. The van der Waals surface area contributed by atoms with Crippen LogP contribution < -0.4 is 16.0 Å². The lowest BCUT2D eigenvalue weighted by Crippen LogP contribution is -2.57. The highest BCUT2D eigenvalue weighted by molar-refractivity contribution is 6.05. The number of amides is 3. The van der Waals surface area contributed by atoms with Crippen molar-refractivity contribution < 1.29 is 19.5 Å². The van der Waals surface area contributed by atoms with Crippen LogP contribution in [0.15, 0.2) is 18.2 Å². The van der Waals surface area contributed by atoms with Crippen LogP contribution in [0.5, 0.6) is 0 Å². The highest BCUT2D eigenvalue weighted by atomic mass is 16.3. The number of aliphatic hydroxyl groups excluding tert-OH is 1. The number of piperidine rings is 2. The molecule has 8 nitrogen and oxygen atoms in total. The fourth-order valence-corrected chi connectivity index (χ4v) is 4.31. The summed E-state index contributed by atoms with van der Waals surface area (Å²) in [6.07, 6.45) is 2.54. The first-order chi connectivity index (χ1) is 13.5. The van der Waals surface area contributed by atoms with Gasteiger partial charge in [0.25, 0.3) is 5.91 Å². The number of hydrogen-bond acceptors (Lipinski definition) is 6. The molecule has 0 bridgehead atoms. The van der Waals surface area contributed by atoms with E-state index in [4.69, 9.17) is 0 Å². The molecule has 2 saturated heterocycles. The Morgan fingerprint density at radius 1 is 1.29 bits per heavy atom. The zero-order valence-corrected chi connectivity index (χ0v) is 15.8. The number of carbonyl (C=O) groups excluding carboxylic acids is 3. The molecule has 0 radical (unpaired) electrons. The van der Waals surface area contributed by atoms with Gasteiger partial charge in [-0.05, 0) is 43.0 Å². The standard InChI is InChI=1S/C20H26N4O4/c25-12-20(6-1-7-21-11-20)22-9-13-2-3-14-10-24(19(28)15(14)8-13)16-4-5-17(26)23-18(16)27/h2-3,8,16,21-22,25H,1,4-7,9-12H2,(H,23,26,27). The molecule has 0 aromatic heterocycles. The third kappa shape index (κ3) is 3.55. The van der Waals surface area contributed by atoms with Gasteiger partial charge < -0.3 is 20.6 Å². The fourth-order valence-electron chi connectivity index (χ4n) is 4.31. The van der Waals surface area contributed by atoms with Gasteiger partial charge in [0.2, 0.25) is 11.8 Å². The molecule has 2 atom stereocenters. The highest BCUT2D eigenvalue weighted by Gasteiger charge is 2.39. The Labute approximate surface area is 163 Å². The average Bonchev–Trinajstić information content (AvgIpc) is 3.03. The van der Waals surface area contributed by atoms with Crippen LogP contribution in [-0.4, -0.2) is 59.0 Å². The first kappa shape index (κ1) is 19.0. The summed E-state index contributed by atoms with van der Waals surface area (Å²) in [4.78, 5) is 38.0. The number of hydrogen-bond donors (Lipinski definition) is 4. The molecule has 4 N–H and O–H groups in total. The van der Waals surface area contributed by atoms with Crippen molar-refractivity contribution in [2.75, 3.05) is 19.7 Å². The Morgan fingerprint density at radius 3 is 2.86 bits per heavy atom. The number of rotatable bonds is 5. The van der Waals surface area contributed by atoms with Crippen molar-refractivity contribution in [1.82, 2.24) is 20.9 Å². The third-order valence-corrected chi connectivity index (χ3v) is 6.04. The number of carbonyl (C=O) groups is 3. The van der Waals surface area contributed by atoms with Crippen LogP contribution >= 0.6 is 0 Å². The molecule has 0 saturated carbocycles. The number of imide groups is 1. The molecule has 0 spiro atoms. The zero-order chi connectivity index (χ0) is 19.7. The maximum atomic E-state index is 12.9. The highest BCUT2D eigenvalue weighted by Crippen LogP contribution is 2.28. The number of fused-ring (bicyclic) bond motifs is 1. The van der Waals surface area contributed by atoms with E-state index in [9.17, 15) is 19.5 Å². The molecule has 1 aromatic carbocycles. The van der Waals surface area contributed by atoms with Crippen molar-refractivity contribution in [3.05, 3.63) is 34.9 Å². The quantitative estimate of drug-likeness (QED) is 0.515. The summed E-state index contributed by atoms with van der Waals surface area (Å²) in [6.45, 7) is 2.69. The zero-order valence-electron chi connectivity index (χ0n) is 15.8. The van der Waals surface area contributed by atoms with Crippen molar-refractivity contribution in [3.8, 4) is 0 Å². The summed E-state index contributed by atoms with van der Waals surface area (Å²) in [7, 11) is 0. The number of nitrogens with zero attached hydrogens (tertiary/aromatic N) is 1. The van der Waals surface area contributed by atoms with Gasteiger partial charge in [0.1, 0.15) is 6.04 Å². The Balaban J connectivity index is 1.45. The van der Waals surface area contributed by atoms with Crippen molar-refractivity contribution in [3.63, 3.8) is 0 Å². The second kappa shape index (κ2) is 7.62. The van der Waals surface area contributed by atoms with Gasteiger partial charge in [0, 0.05) is 31.6 Å². The van der Waals surface area contributed by atoms with Gasteiger partial charge in [0.15, 0.2) is 0 Å². The van der Waals surface area contributed by atoms with Gasteiger partial charge in [-0.3, -0.25) is 19.7 Å². The third-order valence-electron chi connectivity index (χ3n) is 6.04. The second-order valence-corrected chi connectivity index (χ2v) is 7.96. The maximum absolute atomic E-state index is 12.9. The van der Waals surface area contributed by atoms with Gasteiger partial charge in [-0.2, -0.15) is 0 Å². The van der Waals surface area contributed by atoms with E-state index >= 15 is 0 Å². The fraction of sp³-hybridized carbons (Fsp3) is 0.550. The van der Waals surface area contributed by atoms with Gasteiger partial charge in [-0.25, -0.2) is 0 Å². The predicted molar refractivity (Wildman–Crippen MR) is 101 cm³/mol. The largest absolute Gasteiger partial charge is 0.394 e. The molecule has 3 aliphatic rings. The number of nitrogens with one attached hydrogen (secondary N) is 3. The van der Waals surface area contributed by atoms with Gasteiger partial charge in [0.05, 0.1) is 12.1 Å². The molecule has 3 heterocycles. The smallest absolute Gasteiger partial charge is 0.255 e. The van der Waals surface area contributed by atoms with Crippen molar-refractivity contribution in [2.24, 2.45) is 0 Å². The number of aliphatic hydroxyl groups is 1. The van der Waals surface area contributed by atoms with E-state index in [1.54, 1.807) is 4.90 Å². The van der Waals surface area contributed by atoms with Crippen LogP contribution in [0.1, 0.15) is 47.2 Å². The Kier molecular flexibility index (Phi) is 5.18. The van der Waals surface area contributed by atoms with E-state index in [0.717, 1.165) is 37.1 Å². The Hall–Kier alpha value is -2.29. The Bertz CT molecular complexity index is 803. The monoisotopic (exact) mass is 386 g/mol. The lowest BCUT2D eigenvalue weighted by Gasteiger charge is -2.37. The lowest BCUT2D eigenvalue weighted by molar-refractivity contribution is -0.136. The van der Waals surface area contributed by atoms with Crippen LogP contribution in [0.2, 0.25) is 0 Å². The molecular weight excluding hydrogens is 360 g/mol. The summed E-state index contributed by atoms with van der Waals surface area (Å²) < 4.78 is 0. The van der Waals surface area contributed by atoms with E-state index in [-0.39, 0.29) is 30.4 Å². The molecule has 28 heavy (non-hydrogen) atoms. The van der Waals surface area contributed by atoms with E-state index in [1.165, 1.54) is 0 Å². The minimum Gasteiger partial charge on any atom is -0.394 e. The van der Waals surface area contributed by atoms with Crippen LogP contribution in [0.4, 0.5) is 0 Å². The summed E-state index contributed by atoms with van der Waals surface area (Å²) in [5, 5.41) is 18.9. The minimum absolute atomic E-state index is 0.0627. The SMILES string of the molecule is O=C1CCC(N2Cc3ccc(CNC4(CO)CCCNC4)cc3C2=O)C(=O)N1. The van der Waals surface area contributed by atoms with Crippen molar-refractivity contribution >= 4 is 17.7 Å². The van der Waals surface area contributed by atoms with Crippen LogP contribution in [0.3, 0.4) is 0 Å². The molecule has 3 amide bonds. The van der Waals surface area contributed by atoms with E-state index in [1.807, 2.05) is 18.2 Å². The molecule has 1 aromatic rings. The average molecular weight is 386 g/mol. The summed E-state index contributed by atoms with van der Waals surface area (Å²) in [5.74, 6) is -0.842. The topological polar surface area (TPSA) is 111 Å². The molecule has 0 aliphatic carbocycles. The Morgan fingerprint density at radius 2 is 2.14 bits per heavy atom. The van der Waals surface area contributed by atoms with Crippen molar-refractivity contribution in [1.29, 1.82) is 0 Å². The minimum atomic E-state index is -0.592. The molecule has 3 aliphatic heterocycles. The van der Waals surface area contributed by atoms with E-state index in [2.05, 4.69) is 16.0 Å². The summed E-state index contributed by atoms with van der Waals surface area (Å²) >= 11 is 0. The molecule has 8 heteroatoms. The molecule has 2 fully saturated rings. The predicted octanol–water partition coefficient (Wildman–Crippen LogP) is -0.348.